The summed E-state index contributed by atoms with van der Waals surface area (Å²) in [7, 11) is 3.85. The van der Waals surface area contributed by atoms with E-state index in [1.54, 1.807) is 66.2 Å². The molecule has 3 aromatic carbocycles. The second kappa shape index (κ2) is 14.5. The van der Waals surface area contributed by atoms with E-state index in [0.29, 0.717) is 47.5 Å². The number of benzene rings is 3. The van der Waals surface area contributed by atoms with Gasteiger partial charge in [0.25, 0.3) is 5.91 Å². The number of ether oxygens (including phenoxy) is 1. The van der Waals surface area contributed by atoms with E-state index in [2.05, 4.69) is 25.9 Å². The summed E-state index contributed by atoms with van der Waals surface area (Å²) < 4.78 is 8.04. The molecule has 0 fully saturated rings. The number of amides is 2. The van der Waals surface area contributed by atoms with E-state index in [9.17, 15) is 9.59 Å². The molecule has 236 valence electrons. The fourth-order valence-electron chi connectivity index (χ4n) is 4.77. The predicted octanol–water partition coefficient (Wildman–Crippen LogP) is 6.51. The summed E-state index contributed by atoms with van der Waals surface area (Å²) in [4.78, 5) is 40.7. The maximum absolute atomic E-state index is 13.1. The van der Waals surface area contributed by atoms with Crippen molar-refractivity contribution in [2.24, 2.45) is 0 Å². The average Bonchev–Trinajstić information content (AvgIpc) is 3.75. The van der Waals surface area contributed by atoms with Crippen LogP contribution in [0, 0.1) is 0 Å². The van der Waals surface area contributed by atoms with Gasteiger partial charge in [-0.3, -0.25) is 9.59 Å². The minimum absolute atomic E-state index is 0.263. The summed E-state index contributed by atoms with van der Waals surface area (Å²) in [5, 5.41) is 12.8. The third kappa shape index (κ3) is 8.06. The SMILES string of the molecule is CN(C)C/C=C/C(=O)Nc1cccc(C(=O)Nc2cccc(Nc3nccc(-n4ccc5c(OCc6nccs6)cccc54)n3)c2)c1. The Labute approximate surface area is 275 Å². The van der Waals surface area contributed by atoms with Crippen LogP contribution in [-0.4, -0.2) is 56.9 Å². The van der Waals surface area contributed by atoms with Crippen LogP contribution < -0.4 is 20.7 Å². The Morgan fingerprint density at radius 1 is 0.915 bits per heavy atom. The van der Waals surface area contributed by atoms with Crippen LogP contribution in [0.25, 0.3) is 16.7 Å². The molecule has 3 aromatic heterocycles. The molecular weight excluding hydrogens is 613 g/mol. The smallest absolute Gasteiger partial charge is 0.255 e. The van der Waals surface area contributed by atoms with Crippen LogP contribution in [0.2, 0.25) is 0 Å². The van der Waals surface area contributed by atoms with Crippen molar-refractivity contribution >= 4 is 57.1 Å². The van der Waals surface area contributed by atoms with Gasteiger partial charge in [0.05, 0.1) is 5.52 Å². The summed E-state index contributed by atoms with van der Waals surface area (Å²) >= 11 is 1.56. The number of nitrogens with zero attached hydrogens (tertiary/aromatic N) is 5. The first-order valence-electron chi connectivity index (χ1n) is 14.8. The van der Waals surface area contributed by atoms with Gasteiger partial charge in [-0.15, -0.1) is 11.3 Å². The number of hydrogen-bond acceptors (Lipinski definition) is 9. The lowest BCUT2D eigenvalue weighted by atomic mass is 10.1. The maximum Gasteiger partial charge on any atom is 0.255 e. The Balaban J connectivity index is 1.12. The number of likely N-dealkylation sites (N-methyl/N-ethyl adjacent to an activating group) is 1. The van der Waals surface area contributed by atoms with Crippen molar-refractivity contribution in [3.8, 4) is 11.6 Å². The highest BCUT2D eigenvalue weighted by molar-refractivity contribution is 7.09. The van der Waals surface area contributed by atoms with Gasteiger partial charge in [0, 0.05) is 64.6 Å². The molecule has 0 spiro atoms. The molecule has 2 amide bonds. The standard InChI is InChI=1S/C35H32N8O3S/c1-42(2)18-6-13-32(44)38-25-8-3-7-24(21-25)34(45)39-26-9-4-10-27(22-26)40-35-37-16-14-31(41-35)43-19-15-28-29(43)11-5-12-30(28)46-23-33-36-17-20-47-33/h3-17,19-22H,18,23H2,1-2H3,(H,38,44)(H,39,45)(H,37,40,41)/b13-6+. The van der Waals surface area contributed by atoms with Crippen molar-refractivity contribution in [1.82, 2.24) is 24.4 Å². The van der Waals surface area contributed by atoms with Crippen LogP contribution >= 0.6 is 11.3 Å². The van der Waals surface area contributed by atoms with Gasteiger partial charge in [-0.25, -0.2) is 9.97 Å². The zero-order valence-electron chi connectivity index (χ0n) is 25.8. The fourth-order valence-corrected chi connectivity index (χ4v) is 5.30. The number of anilines is 4. The molecule has 12 heteroatoms. The number of carbonyl (C=O) groups is 2. The van der Waals surface area contributed by atoms with Gasteiger partial charge in [0.15, 0.2) is 0 Å². The highest BCUT2D eigenvalue weighted by Crippen LogP contribution is 2.29. The molecule has 11 nitrogen and oxygen atoms in total. The van der Waals surface area contributed by atoms with Crippen LogP contribution in [0.15, 0.2) is 115 Å². The van der Waals surface area contributed by atoms with Crippen LogP contribution in [0.5, 0.6) is 5.75 Å². The van der Waals surface area contributed by atoms with E-state index >= 15 is 0 Å². The molecule has 0 aliphatic rings. The highest BCUT2D eigenvalue weighted by Gasteiger charge is 2.12. The molecule has 0 aliphatic heterocycles. The van der Waals surface area contributed by atoms with Gasteiger partial charge in [0.2, 0.25) is 11.9 Å². The molecule has 0 radical (unpaired) electrons. The predicted molar refractivity (Wildman–Crippen MR) is 186 cm³/mol. The largest absolute Gasteiger partial charge is 0.486 e. The van der Waals surface area contributed by atoms with Gasteiger partial charge in [-0.1, -0.05) is 24.3 Å². The van der Waals surface area contributed by atoms with E-state index in [1.807, 2.05) is 77.6 Å². The average molecular weight is 645 g/mol. The fraction of sp³-hybridized carbons (Fsp3) is 0.114. The minimum atomic E-state index is -0.311. The van der Waals surface area contributed by atoms with E-state index in [0.717, 1.165) is 21.7 Å². The Morgan fingerprint density at radius 2 is 1.72 bits per heavy atom. The second-order valence-electron chi connectivity index (χ2n) is 10.7. The molecule has 3 heterocycles. The Kier molecular flexibility index (Phi) is 9.61. The van der Waals surface area contributed by atoms with Gasteiger partial charge in [-0.05, 0) is 74.8 Å². The molecule has 6 aromatic rings. The number of aromatic nitrogens is 4. The molecule has 0 atom stereocenters. The van der Waals surface area contributed by atoms with Crippen molar-refractivity contribution < 1.29 is 14.3 Å². The number of thiazole rings is 1. The molecule has 0 saturated heterocycles. The summed E-state index contributed by atoms with van der Waals surface area (Å²) in [6.45, 7) is 1.06. The van der Waals surface area contributed by atoms with Gasteiger partial charge in [-0.2, -0.15) is 4.98 Å². The molecular formula is C35H32N8O3S. The molecule has 0 bridgehead atoms. The van der Waals surface area contributed by atoms with E-state index < -0.39 is 0 Å². The first-order chi connectivity index (χ1) is 22.9. The van der Waals surface area contributed by atoms with Gasteiger partial charge >= 0.3 is 0 Å². The van der Waals surface area contributed by atoms with Crippen molar-refractivity contribution in [2.45, 2.75) is 6.61 Å². The molecule has 6 rings (SSSR count). The molecule has 0 saturated carbocycles. The quantitative estimate of drug-likeness (QED) is 0.129. The Morgan fingerprint density at radius 3 is 2.55 bits per heavy atom. The minimum Gasteiger partial charge on any atom is -0.486 e. The summed E-state index contributed by atoms with van der Waals surface area (Å²) in [6.07, 6.45) is 8.65. The molecule has 3 N–H and O–H groups in total. The lowest BCUT2D eigenvalue weighted by Gasteiger charge is -2.11. The lowest BCUT2D eigenvalue weighted by Crippen LogP contribution is -2.14. The van der Waals surface area contributed by atoms with Crippen LogP contribution in [0.3, 0.4) is 0 Å². The first kappa shape index (κ1) is 31.1. The molecule has 0 aliphatic carbocycles. The Hall–Kier alpha value is -5.85. The third-order valence-corrected chi connectivity index (χ3v) is 7.68. The maximum atomic E-state index is 13.1. The lowest BCUT2D eigenvalue weighted by molar-refractivity contribution is -0.111. The number of rotatable bonds is 12. The first-order valence-corrected chi connectivity index (χ1v) is 15.6. The molecule has 0 unspecified atom stereocenters. The van der Waals surface area contributed by atoms with Crippen LogP contribution in [0.4, 0.5) is 23.0 Å². The monoisotopic (exact) mass is 644 g/mol. The third-order valence-electron chi connectivity index (χ3n) is 6.92. The summed E-state index contributed by atoms with van der Waals surface area (Å²) in [5.74, 6) is 1.27. The number of carbonyl (C=O) groups excluding carboxylic acids is 2. The van der Waals surface area contributed by atoms with Crippen LogP contribution in [-0.2, 0) is 11.4 Å². The van der Waals surface area contributed by atoms with E-state index in [-0.39, 0.29) is 11.8 Å². The van der Waals surface area contributed by atoms with E-state index in [4.69, 9.17) is 9.72 Å². The summed E-state index contributed by atoms with van der Waals surface area (Å²) in [6, 6.07) is 23.8. The van der Waals surface area contributed by atoms with E-state index in [1.165, 1.54) is 6.08 Å². The summed E-state index contributed by atoms with van der Waals surface area (Å²) in [5.41, 5.74) is 3.16. The number of fused-ring (bicyclic) bond motifs is 1. The molecule has 47 heavy (non-hydrogen) atoms. The number of nitrogens with one attached hydrogen (secondary N) is 3. The zero-order chi connectivity index (χ0) is 32.6. The van der Waals surface area contributed by atoms with Crippen molar-refractivity contribution in [3.05, 3.63) is 126 Å². The highest BCUT2D eigenvalue weighted by atomic mass is 32.1. The Bertz CT molecular complexity index is 2040. The second-order valence-corrected chi connectivity index (χ2v) is 11.7. The van der Waals surface area contributed by atoms with Gasteiger partial charge < -0.3 is 30.2 Å². The van der Waals surface area contributed by atoms with Crippen molar-refractivity contribution in [1.29, 1.82) is 0 Å². The topological polar surface area (TPSA) is 126 Å². The van der Waals surface area contributed by atoms with Crippen LogP contribution in [0.1, 0.15) is 15.4 Å². The van der Waals surface area contributed by atoms with Crippen molar-refractivity contribution in [3.63, 3.8) is 0 Å². The number of hydrogen-bond donors (Lipinski definition) is 3. The van der Waals surface area contributed by atoms with Crippen molar-refractivity contribution in [2.75, 3.05) is 36.6 Å². The zero-order valence-corrected chi connectivity index (χ0v) is 26.6. The normalized spacial score (nSPS) is 11.2. The van der Waals surface area contributed by atoms with Gasteiger partial charge in [0.1, 0.15) is 23.2 Å².